The lowest BCUT2D eigenvalue weighted by molar-refractivity contribution is -0.167. The third kappa shape index (κ3) is 5.06. The van der Waals surface area contributed by atoms with Crippen LogP contribution < -0.4 is 0 Å². The Morgan fingerprint density at radius 3 is 2.75 bits per heavy atom. The van der Waals surface area contributed by atoms with E-state index in [0.717, 1.165) is 44.1 Å². The lowest BCUT2D eigenvalue weighted by Gasteiger charge is -2.20. The Balaban J connectivity index is 2.49. The van der Waals surface area contributed by atoms with Crippen molar-refractivity contribution in [2.75, 3.05) is 19.8 Å². The molecule has 114 valence electrons. The molecular formula is C15H25NO4. The molecule has 0 N–H and O–H groups in total. The molecule has 0 unspecified atom stereocenters. The summed E-state index contributed by atoms with van der Waals surface area (Å²) in [7, 11) is 0. The van der Waals surface area contributed by atoms with Gasteiger partial charge in [-0.05, 0) is 33.1 Å². The van der Waals surface area contributed by atoms with Crippen LogP contribution in [0.15, 0.2) is 11.1 Å². The van der Waals surface area contributed by atoms with Gasteiger partial charge >= 0.3 is 5.97 Å². The number of esters is 1. The molecular weight excluding hydrogens is 258 g/mol. The van der Waals surface area contributed by atoms with E-state index < -0.39 is 0 Å². The molecule has 1 atom stereocenters. The molecule has 0 spiro atoms. The molecule has 1 heterocycles. The Hall–Kier alpha value is -1.20. The van der Waals surface area contributed by atoms with Crippen molar-refractivity contribution in [2.45, 2.75) is 52.5 Å². The van der Waals surface area contributed by atoms with E-state index in [2.05, 4.69) is 0 Å². The zero-order chi connectivity index (χ0) is 15.0. The molecule has 0 bridgehead atoms. The van der Waals surface area contributed by atoms with Crippen LogP contribution in [0.2, 0.25) is 0 Å². The molecule has 0 amide bonds. The summed E-state index contributed by atoms with van der Waals surface area (Å²) in [4.78, 5) is 28.4. The molecule has 1 rings (SSSR count). The fraction of sp³-hybridized carbons (Fsp3) is 0.733. The van der Waals surface area contributed by atoms with Crippen molar-refractivity contribution in [1.29, 1.82) is 0 Å². The van der Waals surface area contributed by atoms with Crippen molar-refractivity contribution >= 4 is 12.3 Å². The maximum atomic E-state index is 12.0. The summed E-state index contributed by atoms with van der Waals surface area (Å²) in [6.07, 6.45) is 4.50. The van der Waals surface area contributed by atoms with E-state index in [9.17, 15) is 9.59 Å². The van der Waals surface area contributed by atoms with Crippen molar-refractivity contribution in [2.24, 2.45) is 0 Å². The van der Waals surface area contributed by atoms with Gasteiger partial charge in [-0.25, -0.2) is 4.79 Å². The minimum absolute atomic E-state index is 0.164. The Labute approximate surface area is 120 Å². The van der Waals surface area contributed by atoms with Crippen LogP contribution in [0.25, 0.3) is 0 Å². The fourth-order valence-electron chi connectivity index (χ4n) is 2.01. The van der Waals surface area contributed by atoms with Crippen LogP contribution in [0.3, 0.4) is 0 Å². The SMILES string of the molecule is CCCCOC(=O)C(CON1CCC[C@H]1C=O)=C(C)C. The Morgan fingerprint density at radius 2 is 2.15 bits per heavy atom. The van der Waals surface area contributed by atoms with Crippen LogP contribution >= 0.6 is 0 Å². The van der Waals surface area contributed by atoms with Crippen LogP contribution in [-0.2, 0) is 19.2 Å². The smallest absolute Gasteiger partial charge is 0.336 e. The summed E-state index contributed by atoms with van der Waals surface area (Å²) in [6.45, 7) is 7.10. The first-order chi connectivity index (χ1) is 9.60. The van der Waals surface area contributed by atoms with Crippen molar-refractivity contribution in [3.63, 3.8) is 0 Å². The first kappa shape index (κ1) is 16.9. The van der Waals surface area contributed by atoms with Crippen LogP contribution in [0, 0.1) is 0 Å². The average molecular weight is 283 g/mol. The largest absolute Gasteiger partial charge is 0.462 e. The summed E-state index contributed by atoms with van der Waals surface area (Å²) < 4.78 is 5.21. The highest BCUT2D eigenvalue weighted by Crippen LogP contribution is 2.17. The molecule has 0 radical (unpaired) electrons. The monoisotopic (exact) mass is 283 g/mol. The van der Waals surface area contributed by atoms with Gasteiger partial charge in [-0.2, -0.15) is 5.06 Å². The summed E-state index contributed by atoms with van der Waals surface area (Å²) in [5, 5.41) is 1.66. The fourth-order valence-corrected chi connectivity index (χ4v) is 2.01. The van der Waals surface area contributed by atoms with Crippen LogP contribution in [0.1, 0.15) is 46.5 Å². The second-order valence-electron chi connectivity index (χ2n) is 5.23. The van der Waals surface area contributed by atoms with Gasteiger partial charge in [0.05, 0.1) is 18.2 Å². The first-order valence-electron chi connectivity index (χ1n) is 7.28. The van der Waals surface area contributed by atoms with Gasteiger partial charge in [0.15, 0.2) is 0 Å². The first-order valence-corrected chi connectivity index (χ1v) is 7.28. The molecule has 0 saturated carbocycles. The second kappa shape index (κ2) is 8.87. The van der Waals surface area contributed by atoms with Crippen LogP contribution in [0.4, 0.5) is 0 Å². The van der Waals surface area contributed by atoms with E-state index in [0.29, 0.717) is 12.2 Å². The number of ether oxygens (including phenoxy) is 1. The Bertz CT molecular complexity index is 361. The average Bonchev–Trinajstić information content (AvgIpc) is 2.86. The number of carbonyl (C=O) groups is 2. The van der Waals surface area contributed by atoms with E-state index >= 15 is 0 Å². The molecule has 0 aromatic carbocycles. The highest BCUT2D eigenvalue weighted by atomic mass is 16.7. The number of rotatable bonds is 8. The van der Waals surface area contributed by atoms with Gasteiger partial charge in [-0.15, -0.1) is 0 Å². The maximum absolute atomic E-state index is 12.0. The molecule has 0 aromatic heterocycles. The molecule has 1 saturated heterocycles. The molecule has 0 aromatic rings. The standard InChI is InChI=1S/C15H25NO4/c1-4-5-9-19-15(18)14(12(2)3)11-20-16-8-6-7-13(16)10-17/h10,13H,4-9,11H2,1-3H3/t13-/m0/s1. The highest BCUT2D eigenvalue weighted by Gasteiger charge is 2.26. The molecule has 1 fully saturated rings. The predicted molar refractivity (Wildman–Crippen MR) is 76.0 cm³/mol. The summed E-state index contributed by atoms with van der Waals surface area (Å²) >= 11 is 0. The summed E-state index contributed by atoms with van der Waals surface area (Å²) in [5.41, 5.74) is 1.42. The summed E-state index contributed by atoms with van der Waals surface area (Å²) in [5.74, 6) is -0.319. The van der Waals surface area contributed by atoms with Gasteiger partial charge in [-0.3, -0.25) is 4.84 Å². The quantitative estimate of drug-likeness (QED) is 0.296. The number of unbranched alkanes of at least 4 members (excludes halogenated alkanes) is 1. The number of hydrogen-bond donors (Lipinski definition) is 0. The summed E-state index contributed by atoms with van der Waals surface area (Å²) in [6, 6.07) is -0.190. The Morgan fingerprint density at radius 1 is 1.40 bits per heavy atom. The molecule has 1 aliphatic heterocycles. The lowest BCUT2D eigenvalue weighted by Crippen LogP contribution is -2.32. The van der Waals surface area contributed by atoms with Crippen LogP contribution in [0.5, 0.6) is 0 Å². The number of hydrogen-bond acceptors (Lipinski definition) is 5. The van der Waals surface area contributed by atoms with E-state index in [4.69, 9.17) is 9.57 Å². The maximum Gasteiger partial charge on any atom is 0.336 e. The van der Waals surface area contributed by atoms with Crippen molar-refractivity contribution in [3.05, 3.63) is 11.1 Å². The lowest BCUT2D eigenvalue weighted by atomic mass is 10.1. The topological polar surface area (TPSA) is 55.8 Å². The van der Waals surface area contributed by atoms with Gasteiger partial charge in [-0.1, -0.05) is 18.9 Å². The molecule has 5 nitrogen and oxygen atoms in total. The number of nitrogens with zero attached hydrogens (tertiary/aromatic N) is 1. The zero-order valence-corrected chi connectivity index (χ0v) is 12.7. The van der Waals surface area contributed by atoms with E-state index in [1.54, 1.807) is 5.06 Å². The number of carbonyl (C=O) groups excluding carboxylic acids is 2. The van der Waals surface area contributed by atoms with Crippen LogP contribution in [-0.4, -0.2) is 43.1 Å². The van der Waals surface area contributed by atoms with Gasteiger partial charge in [0.1, 0.15) is 12.9 Å². The highest BCUT2D eigenvalue weighted by molar-refractivity contribution is 5.89. The van der Waals surface area contributed by atoms with Gasteiger partial charge in [0.25, 0.3) is 0 Å². The third-order valence-electron chi connectivity index (χ3n) is 3.36. The van der Waals surface area contributed by atoms with Gasteiger partial charge in [0, 0.05) is 6.54 Å². The van der Waals surface area contributed by atoms with Crippen molar-refractivity contribution in [3.8, 4) is 0 Å². The molecule has 5 heteroatoms. The van der Waals surface area contributed by atoms with E-state index in [1.807, 2.05) is 20.8 Å². The molecule has 0 aliphatic carbocycles. The van der Waals surface area contributed by atoms with E-state index in [1.165, 1.54) is 0 Å². The van der Waals surface area contributed by atoms with Gasteiger partial charge < -0.3 is 9.53 Å². The number of allylic oxidation sites excluding steroid dienone is 1. The van der Waals surface area contributed by atoms with Crippen molar-refractivity contribution in [1.82, 2.24) is 5.06 Å². The number of hydroxylamine groups is 2. The minimum Gasteiger partial charge on any atom is -0.462 e. The molecule has 20 heavy (non-hydrogen) atoms. The molecule has 1 aliphatic rings. The van der Waals surface area contributed by atoms with E-state index in [-0.39, 0.29) is 18.6 Å². The third-order valence-corrected chi connectivity index (χ3v) is 3.36. The second-order valence-corrected chi connectivity index (χ2v) is 5.23. The minimum atomic E-state index is -0.319. The van der Waals surface area contributed by atoms with Crippen molar-refractivity contribution < 1.29 is 19.2 Å². The predicted octanol–water partition coefficient (Wildman–Crippen LogP) is 2.26. The zero-order valence-electron chi connectivity index (χ0n) is 12.7. The van der Waals surface area contributed by atoms with Gasteiger partial charge in [0.2, 0.25) is 0 Å². The normalized spacial score (nSPS) is 18.9. The number of aldehydes is 1. The Kier molecular flexibility index (Phi) is 7.47.